The van der Waals surface area contributed by atoms with Gasteiger partial charge in [0.2, 0.25) is 0 Å². The number of fused-ring (bicyclic) bond motifs is 2. The van der Waals surface area contributed by atoms with Crippen LogP contribution in [0.2, 0.25) is 0 Å². The summed E-state index contributed by atoms with van der Waals surface area (Å²) < 4.78 is 397. The minimum Gasteiger partial charge on any atom is -0.448 e. The molecule has 0 bridgehead atoms. The largest absolute Gasteiger partial charge is 0.512 e. The molecule has 1 amide bonds. The van der Waals surface area contributed by atoms with E-state index in [0.29, 0.717) is 29.0 Å². The number of benzene rings is 5. The smallest absolute Gasteiger partial charge is 0.448 e. The number of alkyl halides is 17. The third-order valence-electron chi connectivity index (χ3n) is 10.8. The Bertz CT molecular complexity index is 4590. The quantitative estimate of drug-likeness (QED) is 0.0112. The van der Waals surface area contributed by atoms with E-state index in [1.54, 1.807) is 12.1 Å². The SMILES string of the molecule is C=C(C)C(=O)Nc1cccc2c(OS(=O)(=O)C(F)(F)C(F)(F)C(F)(F)S(=O)(=O)O)cccc12.C=C(C)C(=O)Oc1ccc2cc(OC(=O)COC(=O)C(F)(F)S(=O)(=O)O)ccc2c1.C=Cc1ccc(OS(=O)(=O)C(F)(F)C(F)(F)C(F)(F)S(=O)(=O)NS(=O)(=O)C(F)(F)F)cc1. The van der Waals surface area contributed by atoms with Gasteiger partial charge in [0.05, 0.1) is 0 Å². The number of carbonyl (C=O) groups excluding carboxylic acids is 4. The maximum Gasteiger partial charge on any atom is 0.512 e. The summed E-state index contributed by atoms with van der Waals surface area (Å²) in [5, 5.41) is -30.3. The lowest BCUT2D eigenvalue weighted by Gasteiger charge is -2.31. The van der Waals surface area contributed by atoms with Gasteiger partial charge < -0.3 is 27.9 Å². The lowest BCUT2D eigenvalue weighted by molar-refractivity contribution is -0.247. The summed E-state index contributed by atoms with van der Waals surface area (Å²) in [4.78, 5) is 46.0. The van der Waals surface area contributed by atoms with Crippen LogP contribution >= 0.6 is 0 Å². The average Bonchev–Trinajstić information content (AvgIpc) is 0.725. The summed E-state index contributed by atoms with van der Waals surface area (Å²) in [7, 11) is -42.5. The Morgan fingerprint density at radius 2 is 0.958 bits per heavy atom. The maximum atomic E-state index is 14.0. The number of carbonyl (C=O) groups is 4. The predicted molar refractivity (Wildman–Crippen MR) is 289 cm³/mol. The van der Waals surface area contributed by atoms with Gasteiger partial charge in [-0.2, -0.15) is 108 Å². The number of ether oxygens (including phenoxy) is 3. The molecule has 5 aromatic rings. The van der Waals surface area contributed by atoms with Gasteiger partial charge in [-0.15, -0.1) is 0 Å². The second-order valence-electron chi connectivity index (χ2n) is 17.8. The zero-order valence-electron chi connectivity index (χ0n) is 46.0. The monoisotopic (exact) mass is 1510 g/mol. The van der Waals surface area contributed by atoms with Crippen LogP contribution in [0.1, 0.15) is 19.4 Å². The summed E-state index contributed by atoms with van der Waals surface area (Å²) in [6, 6.07) is 18.4. The number of esters is 3. The fourth-order valence-electron chi connectivity index (χ4n) is 5.93. The zero-order valence-corrected chi connectivity index (χ0v) is 50.9. The Hall–Kier alpha value is -8.29. The summed E-state index contributed by atoms with van der Waals surface area (Å²) in [6.07, 6.45) is 1.15. The first-order valence-corrected chi connectivity index (χ1v) is 32.0. The first-order valence-electron chi connectivity index (χ1n) is 23.4. The van der Waals surface area contributed by atoms with Crippen molar-refractivity contribution in [1.29, 1.82) is 0 Å². The third kappa shape index (κ3) is 17.2. The molecule has 5 aromatic carbocycles. The number of anilines is 1. The van der Waals surface area contributed by atoms with Gasteiger partial charge in [0.15, 0.2) is 12.4 Å². The zero-order chi connectivity index (χ0) is 73.9. The summed E-state index contributed by atoms with van der Waals surface area (Å²) >= 11 is 0. The van der Waals surface area contributed by atoms with Gasteiger partial charge in [0, 0.05) is 27.6 Å². The average molecular weight is 1510 g/mol. The molecule has 0 fully saturated rings. The highest BCUT2D eigenvalue weighted by atomic mass is 32.3. The van der Waals surface area contributed by atoms with Crippen LogP contribution in [0, 0.1) is 0 Å². The van der Waals surface area contributed by atoms with Crippen molar-refractivity contribution in [1.82, 2.24) is 4.13 Å². The van der Waals surface area contributed by atoms with Crippen molar-refractivity contribution in [3.8, 4) is 23.0 Å². The topological polar surface area (TPSA) is 384 Å². The Morgan fingerprint density at radius 3 is 1.40 bits per heavy atom. The lowest BCUT2D eigenvalue weighted by Crippen LogP contribution is -2.64. The van der Waals surface area contributed by atoms with E-state index in [1.807, 2.05) is 0 Å². The number of amides is 1. The second-order valence-corrected chi connectivity index (χ2v) is 27.6. The summed E-state index contributed by atoms with van der Waals surface area (Å²) in [5.74, 6) is -21.8. The van der Waals surface area contributed by atoms with E-state index in [1.165, 1.54) is 56.3 Å². The molecule has 4 N–H and O–H groups in total. The fraction of sp³-hybridized carbons (Fsp3) is 0.234. The third-order valence-corrected chi connectivity index (χ3v) is 18.4. The van der Waals surface area contributed by atoms with Crippen LogP contribution in [0.25, 0.3) is 27.6 Å². The Balaban J connectivity index is 0.000000372. The molecule has 0 atom stereocenters. The molecule has 0 aliphatic carbocycles. The molecule has 0 aliphatic rings. The Kier molecular flexibility index (Phi) is 23.7. The van der Waals surface area contributed by atoms with Crippen LogP contribution in [0.4, 0.5) is 80.3 Å². The van der Waals surface area contributed by atoms with E-state index in [4.69, 9.17) is 18.6 Å². The normalized spacial score (nSPS) is 13.4. The maximum absolute atomic E-state index is 14.0. The van der Waals surface area contributed by atoms with Gasteiger partial charge in [0.25, 0.3) is 15.9 Å². The van der Waals surface area contributed by atoms with Gasteiger partial charge in [-0.1, -0.05) is 78.5 Å². The Morgan fingerprint density at radius 1 is 0.516 bits per heavy atom. The van der Waals surface area contributed by atoms with Crippen molar-refractivity contribution in [3.63, 3.8) is 0 Å². The van der Waals surface area contributed by atoms with E-state index in [9.17, 15) is 144 Å². The van der Waals surface area contributed by atoms with Crippen molar-refractivity contribution in [2.24, 2.45) is 0 Å². The van der Waals surface area contributed by atoms with E-state index < -0.39 is 150 Å². The highest BCUT2D eigenvalue weighted by Crippen LogP contribution is 2.53. The number of hydrogen-bond donors (Lipinski definition) is 4. The highest BCUT2D eigenvalue weighted by molar-refractivity contribution is 8.05. The molecular weight excluding hydrogens is 1480 g/mol. The molecule has 0 radical (unpaired) electrons. The molecule has 25 nitrogen and oxygen atoms in total. The van der Waals surface area contributed by atoms with Gasteiger partial charge in [-0.3, -0.25) is 13.9 Å². The van der Waals surface area contributed by atoms with Crippen molar-refractivity contribution in [2.75, 3.05) is 11.9 Å². The standard InChI is InChI=1S/C18H14F2O9S.C17H13F6NO7S2.C12H8F9NO7S3/c1-10(2)16(22)29-14-6-4-11-7-13(5-3-12(11)8-14)28-15(21)9-27-17(23)18(19,20)30(24,25)26;1-9(2)14(25)24-12-7-3-6-11-10(12)5-4-8-13(11)31-33(29,30)17(22,23)15(18,19)16(20,21)32(26,27)28;1-2-7-3-5-8(6-4-7)29-32(27,28)11(17,18)9(13,14)10(15,16)30(23,24)22-31(25,26)12(19,20)21/h3-8H,1,9H2,2H3,(H,24,25,26);3-8H,1H2,2H3,(H,24,25)(H,26,27,28);2-6,22H,1H2. The molecule has 526 valence electrons. The number of hydrogen-bond acceptors (Lipinski definition) is 21. The molecule has 0 unspecified atom stereocenters. The molecule has 0 saturated heterocycles. The molecule has 0 heterocycles. The van der Waals surface area contributed by atoms with Crippen LogP contribution in [0.5, 0.6) is 23.0 Å². The fourth-order valence-corrected chi connectivity index (χ4v) is 11.0. The van der Waals surface area contributed by atoms with Gasteiger partial charge in [-0.05, 0) is 78.7 Å². The first-order chi connectivity index (χ1) is 42.6. The molecule has 5 rings (SSSR count). The Labute approximate surface area is 521 Å². The van der Waals surface area contributed by atoms with Crippen LogP contribution in [-0.4, -0.2) is 134 Å². The molecule has 48 heteroatoms. The highest BCUT2D eigenvalue weighted by Gasteiger charge is 2.84. The molecular formula is C47H35F17N2O23S6. The first kappa shape index (κ1) is 80.9. The number of sulfonamides is 2. The number of halogens is 17. The molecule has 0 spiro atoms. The second kappa shape index (κ2) is 27.8. The van der Waals surface area contributed by atoms with Crippen LogP contribution in [0.3, 0.4) is 0 Å². The number of nitrogens with one attached hydrogen (secondary N) is 2. The summed E-state index contributed by atoms with van der Waals surface area (Å²) in [5.41, 5.74) is -6.16. The van der Waals surface area contributed by atoms with Crippen molar-refractivity contribution < 1.29 is 176 Å². The lowest BCUT2D eigenvalue weighted by atomic mass is 10.1. The minimum atomic E-state index is -7.84. The van der Waals surface area contributed by atoms with Crippen LogP contribution in [-0.2, 0) is 84.4 Å². The van der Waals surface area contributed by atoms with Crippen LogP contribution < -0.4 is 27.3 Å². The van der Waals surface area contributed by atoms with Crippen LogP contribution in [0.15, 0.2) is 128 Å². The molecule has 0 aliphatic heterocycles. The minimum absolute atomic E-state index is 0.00153. The van der Waals surface area contributed by atoms with Crippen molar-refractivity contribution in [2.45, 2.75) is 57.5 Å². The van der Waals surface area contributed by atoms with Gasteiger partial charge >= 0.3 is 112 Å². The molecule has 95 heavy (non-hydrogen) atoms. The van der Waals surface area contributed by atoms with E-state index in [0.717, 1.165) is 30.3 Å². The summed E-state index contributed by atoms with van der Waals surface area (Å²) in [6.45, 7) is 11.6. The van der Waals surface area contributed by atoms with Crippen molar-refractivity contribution in [3.05, 3.63) is 134 Å². The van der Waals surface area contributed by atoms with Gasteiger partial charge in [-0.25, -0.2) is 31.2 Å². The molecule has 0 saturated carbocycles. The molecule has 0 aromatic heterocycles. The van der Waals surface area contributed by atoms with E-state index >= 15 is 0 Å². The predicted octanol–water partition coefficient (Wildman–Crippen LogP) is 8.65. The number of rotatable bonds is 24. The van der Waals surface area contributed by atoms with E-state index in [-0.39, 0.29) is 44.7 Å². The van der Waals surface area contributed by atoms with Gasteiger partial charge in [0.1, 0.15) is 17.2 Å². The van der Waals surface area contributed by atoms with E-state index in [2.05, 4.69) is 38.2 Å². The van der Waals surface area contributed by atoms with Crippen molar-refractivity contribution >= 4 is 118 Å².